The van der Waals surface area contributed by atoms with Crippen LogP contribution >= 0.6 is 0 Å². The molecule has 1 aliphatic rings. The summed E-state index contributed by atoms with van der Waals surface area (Å²) in [7, 11) is 0. The molecular formula is C17H20N4O5. The second-order valence-electron chi connectivity index (χ2n) is 6.54. The number of rotatable bonds is 3. The maximum Gasteiger partial charge on any atom is 0.326 e. The average Bonchev–Trinajstić information content (AvgIpc) is 2.88. The van der Waals surface area contributed by atoms with E-state index in [1.165, 1.54) is 19.1 Å². The lowest BCUT2D eigenvalue weighted by Crippen LogP contribution is -2.36. The van der Waals surface area contributed by atoms with E-state index >= 15 is 0 Å². The lowest BCUT2D eigenvalue weighted by atomic mass is 9.95. The van der Waals surface area contributed by atoms with E-state index in [0.717, 1.165) is 36.7 Å². The number of nitrogens with one attached hydrogen (secondary N) is 1. The summed E-state index contributed by atoms with van der Waals surface area (Å²) in [5.74, 6) is -1.17. The summed E-state index contributed by atoms with van der Waals surface area (Å²) < 4.78 is 0.793. The first-order valence-corrected chi connectivity index (χ1v) is 8.45. The van der Waals surface area contributed by atoms with Crippen LogP contribution in [0.15, 0.2) is 12.1 Å². The predicted molar refractivity (Wildman–Crippen MR) is 94.3 cm³/mol. The fraction of sp³-hybridized carbons (Fsp3) is 0.412. The highest BCUT2D eigenvalue weighted by Crippen LogP contribution is 2.37. The molecule has 1 aliphatic carbocycles. The van der Waals surface area contributed by atoms with Crippen LogP contribution in [0.25, 0.3) is 10.9 Å². The highest BCUT2D eigenvalue weighted by atomic mass is 16.6. The number of hydrogen-bond donors (Lipinski definition) is 3. The third-order valence-electron chi connectivity index (χ3n) is 4.93. The zero-order chi connectivity index (χ0) is 19.0. The standard InChI is InChI=1S/C17H20N4O5/c1-9-11(21(25)26)7-8-12-13(9)14(16(23)20(12)17(18)24)15(22)19-10-5-3-2-4-6-10/h7-8,10,23H,2-6H2,1H3,(H2,18,24)(H,19,22). The minimum atomic E-state index is -0.975. The van der Waals surface area contributed by atoms with Crippen molar-refractivity contribution in [3.63, 3.8) is 0 Å². The molecule has 1 fully saturated rings. The molecule has 0 spiro atoms. The highest BCUT2D eigenvalue weighted by Gasteiger charge is 2.30. The zero-order valence-corrected chi connectivity index (χ0v) is 14.3. The predicted octanol–water partition coefficient (Wildman–Crippen LogP) is 2.55. The Bertz CT molecular complexity index is 912. The van der Waals surface area contributed by atoms with Gasteiger partial charge in [0.25, 0.3) is 11.6 Å². The van der Waals surface area contributed by atoms with Crippen LogP contribution in [0, 0.1) is 17.0 Å². The SMILES string of the molecule is Cc1c([N+](=O)[O-])ccc2c1c(C(=O)NC1CCCCC1)c(O)n2C(N)=O. The number of fused-ring (bicyclic) bond motifs is 1. The van der Waals surface area contributed by atoms with Gasteiger partial charge in [-0.3, -0.25) is 14.9 Å². The Morgan fingerprint density at radius 1 is 1.31 bits per heavy atom. The average molecular weight is 360 g/mol. The number of amides is 2. The topological polar surface area (TPSA) is 140 Å². The normalized spacial score (nSPS) is 15.1. The van der Waals surface area contributed by atoms with Gasteiger partial charge in [-0.15, -0.1) is 0 Å². The molecule has 1 aromatic carbocycles. The van der Waals surface area contributed by atoms with Crippen LogP contribution in [0.5, 0.6) is 5.88 Å². The first kappa shape index (κ1) is 17.7. The van der Waals surface area contributed by atoms with Crippen LogP contribution in [-0.4, -0.2) is 32.6 Å². The molecular weight excluding hydrogens is 340 g/mol. The highest BCUT2D eigenvalue weighted by molar-refractivity contribution is 6.13. The molecule has 2 amide bonds. The number of aryl methyl sites for hydroxylation is 1. The van der Waals surface area contributed by atoms with Gasteiger partial charge in [0.05, 0.1) is 10.4 Å². The number of hydrogen-bond acceptors (Lipinski definition) is 5. The molecule has 2 aromatic rings. The van der Waals surface area contributed by atoms with Crippen molar-refractivity contribution in [1.82, 2.24) is 9.88 Å². The molecule has 0 bridgehead atoms. The van der Waals surface area contributed by atoms with Crippen LogP contribution in [0.4, 0.5) is 10.5 Å². The molecule has 9 heteroatoms. The van der Waals surface area contributed by atoms with E-state index < -0.39 is 22.7 Å². The largest absolute Gasteiger partial charge is 0.494 e. The van der Waals surface area contributed by atoms with E-state index in [-0.39, 0.29) is 33.8 Å². The molecule has 26 heavy (non-hydrogen) atoms. The van der Waals surface area contributed by atoms with E-state index in [4.69, 9.17) is 5.73 Å². The van der Waals surface area contributed by atoms with Crippen LogP contribution in [0.1, 0.15) is 48.0 Å². The van der Waals surface area contributed by atoms with Gasteiger partial charge in [0.2, 0.25) is 5.88 Å². The molecule has 0 atom stereocenters. The van der Waals surface area contributed by atoms with Gasteiger partial charge >= 0.3 is 6.03 Å². The number of nitro groups is 1. The summed E-state index contributed by atoms with van der Waals surface area (Å²) >= 11 is 0. The number of aromatic hydroxyl groups is 1. The third-order valence-corrected chi connectivity index (χ3v) is 4.93. The first-order chi connectivity index (χ1) is 12.3. The molecule has 3 rings (SSSR count). The zero-order valence-electron chi connectivity index (χ0n) is 14.3. The van der Waals surface area contributed by atoms with E-state index in [9.17, 15) is 24.8 Å². The number of aromatic nitrogens is 1. The summed E-state index contributed by atoms with van der Waals surface area (Å²) in [6.07, 6.45) is 4.79. The number of carbonyl (C=O) groups excluding carboxylic acids is 2. The van der Waals surface area contributed by atoms with Gasteiger partial charge in [-0.25, -0.2) is 9.36 Å². The van der Waals surface area contributed by atoms with Crippen LogP contribution in [-0.2, 0) is 0 Å². The molecule has 0 unspecified atom stereocenters. The molecule has 0 radical (unpaired) electrons. The van der Waals surface area contributed by atoms with Crippen molar-refractivity contribution in [1.29, 1.82) is 0 Å². The van der Waals surface area contributed by atoms with E-state index in [0.29, 0.717) is 0 Å². The molecule has 1 heterocycles. The Morgan fingerprint density at radius 2 is 1.96 bits per heavy atom. The second-order valence-corrected chi connectivity index (χ2v) is 6.54. The Kier molecular flexibility index (Phi) is 4.54. The van der Waals surface area contributed by atoms with Gasteiger partial charge in [0.1, 0.15) is 5.56 Å². The van der Waals surface area contributed by atoms with Crippen molar-refractivity contribution in [2.75, 3.05) is 0 Å². The summed E-state index contributed by atoms with van der Waals surface area (Å²) in [6.45, 7) is 1.47. The molecule has 0 aliphatic heterocycles. The number of nitro benzene ring substituents is 1. The van der Waals surface area contributed by atoms with Crippen molar-refractivity contribution < 1.29 is 19.6 Å². The van der Waals surface area contributed by atoms with Crippen molar-refractivity contribution in [2.45, 2.75) is 45.1 Å². The van der Waals surface area contributed by atoms with Crippen LogP contribution in [0.3, 0.4) is 0 Å². The Morgan fingerprint density at radius 3 is 2.54 bits per heavy atom. The minimum Gasteiger partial charge on any atom is -0.494 e. The van der Waals surface area contributed by atoms with Crippen molar-refractivity contribution in [2.24, 2.45) is 5.73 Å². The van der Waals surface area contributed by atoms with Crippen LogP contribution in [0.2, 0.25) is 0 Å². The fourth-order valence-corrected chi connectivity index (χ4v) is 3.67. The maximum atomic E-state index is 12.8. The summed E-state index contributed by atoms with van der Waals surface area (Å²) in [5, 5.41) is 24.7. The number of benzene rings is 1. The maximum absolute atomic E-state index is 12.8. The smallest absolute Gasteiger partial charge is 0.326 e. The van der Waals surface area contributed by atoms with E-state index in [1.54, 1.807) is 0 Å². The van der Waals surface area contributed by atoms with Gasteiger partial charge in [-0.05, 0) is 25.8 Å². The molecule has 138 valence electrons. The van der Waals surface area contributed by atoms with Gasteiger partial charge in [-0.2, -0.15) is 0 Å². The first-order valence-electron chi connectivity index (χ1n) is 8.45. The number of nitrogens with two attached hydrogens (primary N) is 1. The lowest BCUT2D eigenvalue weighted by molar-refractivity contribution is -0.385. The monoisotopic (exact) mass is 360 g/mol. The van der Waals surface area contributed by atoms with Crippen LogP contribution < -0.4 is 11.1 Å². The third kappa shape index (κ3) is 2.85. The molecule has 0 saturated heterocycles. The molecule has 4 N–H and O–H groups in total. The van der Waals surface area contributed by atoms with Crippen molar-refractivity contribution >= 4 is 28.5 Å². The number of carbonyl (C=O) groups is 2. The van der Waals surface area contributed by atoms with Crippen molar-refractivity contribution in [3.8, 4) is 5.88 Å². The molecule has 1 saturated carbocycles. The summed E-state index contributed by atoms with van der Waals surface area (Å²) in [5.41, 5.74) is 5.31. The molecule has 9 nitrogen and oxygen atoms in total. The van der Waals surface area contributed by atoms with Gasteiger partial charge in [0, 0.05) is 23.1 Å². The minimum absolute atomic E-state index is 0.0263. The number of nitrogens with zero attached hydrogens (tertiary/aromatic N) is 2. The van der Waals surface area contributed by atoms with E-state index in [2.05, 4.69) is 5.32 Å². The summed E-state index contributed by atoms with van der Waals surface area (Å²) in [6, 6.07) is 1.53. The van der Waals surface area contributed by atoms with Crippen molar-refractivity contribution in [3.05, 3.63) is 33.4 Å². The van der Waals surface area contributed by atoms with Gasteiger partial charge in [-0.1, -0.05) is 19.3 Å². The fourth-order valence-electron chi connectivity index (χ4n) is 3.67. The van der Waals surface area contributed by atoms with E-state index in [1.807, 2.05) is 0 Å². The molecule has 1 aromatic heterocycles. The Labute approximate surface area is 148 Å². The Balaban J connectivity index is 2.17. The van der Waals surface area contributed by atoms with Gasteiger partial charge < -0.3 is 16.2 Å². The number of primary amides is 1. The second kappa shape index (κ2) is 6.66. The quantitative estimate of drug-likeness (QED) is 0.570. The van der Waals surface area contributed by atoms with Gasteiger partial charge in [0.15, 0.2) is 0 Å². The summed E-state index contributed by atoms with van der Waals surface area (Å²) in [4.78, 5) is 35.2. The lowest BCUT2D eigenvalue weighted by Gasteiger charge is -2.22. The Hall–Kier alpha value is -3.10.